The molecule has 1 atom stereocenters. The van der Waals surface area contributed by atoms with Gasteiger partial charge in [0.15, 0.2) is 0 Å². The number of amides is 2. The van der Waals surface area contributed by atoms with Crippen molar-refractivity contribution in [2.24, 2.45) is 0 Å². The van der Waals surface area contributed by atoms with Crippen LogP contribution in [0.25, 0.3) is 22.2 Å². The molecule has 0 saturated carbocycles. The van der Waals surface area contributed by atoms with Crippen LogP contribution in [0.4, 0.5) is 0 Å². The summed E-state index contributed by atoms with van der Waals surface area (Å²) in [6.07, 6.45) is 0.822. The third-order valence-corrected chi connectivity index (χ3v) is 5.05. The lowest BCUT2D eigenvalue weighted by atomic mass is 9.95. The van der Waals surface area contributed by atoms with Gasteiger partial charge in [0, 0.05) is 17.5 Å². The molecule has 5 heteroatoms. The zero-order valence-corrected chi connectivity index (χ0v) is 15.2. The number of fused-ring (bicyclic) bond motifs is 1. The van der Waals surface area contributed by atoms with Crippen LogP contribution in [0.5, 0.6) is 0 Å². The number of hydrogen-bond acceptors (Lipinski definition) is 3. The van der Waals surface area contributed by atoms with Crippen molar-refractivity contribution in [3.63, 3.8) is 0 Å². The van der Waals surface area contributed by atoms with Gasteiger partial charge in [-0.25, -0.2) is 4.98 Å². The maximum Gasteiger partial charge on any atom is 0.242 e. The van der Waals surface area contributed by atoms with E-state index in [-0.39, 0.29) is 18.2 Å². The molecule has 1 aliphatic rings. The monoisotopic (exact) mass is 359 g/mol. The Balaban J connectivity index is 1.74. The van der Waals surface area contributed by atoms with E-state index in [9.17, 15) is 9.59 Å². The van der Waals surface area contributed by atoms with Gasteiger partial charge in [0.1, 0.15) is 6.04 Å². The topological polar surface area (TPSA) is 71.1 Å². The molecule has 0 spiro atoms. The van der Waals surface area contributed by atoms with E-state index >= 15 is 0 Å². The Hall–Kier alpha value is -3.21. The Kier molecular flexibility index (Phi) is 4.59. The summed E-state index contributed by atoms with van der Waals surface area (Å²) in [6, 6.07) is 17.4. The summed E-state index contributed by atoms with van der Waals surface area (Å²) in [5, 5.41) is 6.64. The van der Waals surface area contributed by atoms with E-state index in [1.54, 1.807) is 0 Å². The first-order valence-corrected chi connectivity index (χ1v) is 9.14. The molecule has 4 rings (SSSR count). The molecule has 2 N–H and O–H groups in total. The number of pyridine rings is 1. The predicted molar refractivity (Wildman–Crippen MR) is 105 cm³/mol. The lowest BCUT2D eigenvalue weighted by Gasteiger charge is -2.16. The molecule has 5 nitrogen and oxygen atoms in total. The van der Waals surface area contributed by atoms with Gasteiger partial charge in [-0.3, -0.25) is 9.59 Å². The van der Waals surface area contributed by atoms with E-state index in [0.717, 1.165) is 33.3 Å². The highest BCUT2D eigenvalue weighted by atomic mass is 16.2. The zero-order chi connectivity index (χ0) is 18.8. The van der Waals surface area contributed by atoms with Crippen molar-refractivity contribution >= 4 is 22.7 Å². The SMILES string of the molecule is Cc1c(CC(=O)NC2CCNC2=O)c(-c2ccccc2)nc2ccccc12. The Morgan fingerprint density at radius 1 is 1.15 bits per heavy atom. The van der Waals surface area contributed by atoms with E-state index in [1.807, 2.05) is 61.5 Å². The number of hydrogen-bond donors (Lipinski definition) is 2. The Morgan fingerprint density at radius 2 is 1.89 bits per heavy atom. The Bertz CT molecular complexity index is 1010. The largest absolute Gasteiger partial charge is 0.354 e. The molecule has 3 aromatic rings. The summed E-state index contributed by atoms with van der Waals surface area (Å²) in [7, 11) is 0. The second-order valence-electron chi connectivity index (χ2n) is 6.82. The fourth-order valence-corrected chi connectivity index (χ4v) is 3.61. The molecule has 1 aromatic heterocycles. The number of nitrogens with one attached hydrogen (secondary N) is 2. The minimum Gasteiger partial charge on any atom is -0.354 e. The number of aryl methyl sites for hydroxylation is 1. The lowest BCUT2D eigenvalue weighted by molar-refractivity contribution is -0.127. The summed E-state index contributed by atoms with van der Waals surface area (Å²) in [6.45, 7) is 2.64. The number of carbonyl (C=O) groups excluding carboxylic acids is 2. The number of carbonyl (C=O) groups is 2. The summed E-state index contributed by atoms with van der Waals surface area (Å²) in [4.78, 5) is 29.3. The summed E-state index contributed by atoms with van der Waals surface area (Å²) in [5.74, 6) is -0.269. The maximum atomic E-state index is 12.7. The molecule has 2 amide bonds. The van der Waals surface area contributed by atoms with Crippen molar-refractivity contribution < 1.29 is 9.59 Å². The van der Waals surface area contributed by atoms with Crippen LogP contribution >= 0.6 is 0 Å². The van der Waals surface area contributed by atoms with Gasteiger partial charge in [-0.2, -0.15) is 0 Å². The van der Waals surface area contributed by atoms with Crippen LogP contribution in [0.1, 0.15) is 17.5 Å². The molecule has 1 fully saturated rings. The lowest BCUT2D eigenvalue weighted by Crippen LogP contribution is -2.41. The van der Waals surface area contributed by atoms with Gasteiger partial charge in [0.2, 0.25) is 11.8 Å². The van der Waals surface area contributed by atoms with E-state index in [4.69, 9.17) is 4.98 Å². The summed E-state index contributed by atoms with van der Waals surface area (Å²) >= 11 is 0. The van der Waals surface area contributed by atoms with Gasteiger partial charge in [-0.15, -0.1) is 0 Å². The van der Waals surface area contributed by atoms with Gasteiger partial charge in [0.25, 0.3) is 0 Å². The van der Waals surface area contributed by atoms with Gasteiger partial charge in [0.05, 0.1) is 17.6 Å². The first kappa shape index (κ1) is 17.2. The van der Waals surface area contributed by atoms with Crippen LogP contribution in [-0.4, -0.2) is 29.4 Å². The molecule has 0 radical (unpaired) electrons. The van der Waals surface area contributed by atoms with Crippen LogP contribution < -0.4 is 10.6 Å². The zero-order valence-electron chi connectivity index (χ0n) is 15.2. The molecule has 0 aliphatic carbocycles. The van der Waals surface area contributed by atoms with Crippen molar-refractivity contribution in [1.82, 2.24) is 15.6 Å². The third-order valence-electron chi connectivity index (χ3n) is 5.05. The van der Waals surface area contributed by atoms with Crippen LogP contribution in [0, 0.1) is 6.92 Å². The van der Waals surface area contributed by atoms with E-state index in [1.165, 1.54) is 0 Å². The fourth-order valence-electron chi connectivity index (χ4n) is 3.61. The van der Waals surface area contributed by atoms with Gasteiger partial charge in [-0.1, -0.05) is 48.5 Å². The number of nitrogens with zero attached hydrogens (tertiary/aromatic N) is 1. The average Bonchev–Trinajstić information content (AvgIpc) is 3.09. The predicted octanol–water partition coefficient (Wildman–Crippen LogP) is 2.76. The minimum atomic E-state index is -0.439. The normalized spacial score (nSPS) is 16.3. The standard InChI is InChI=1S/C22H21N3O2/c1-14-16-9-5-6-10-18(16)25-21(15-7-3-2-4-8-15)17(14)13-20(26)24-19-11-12-23-22(19)27/h2-10,19H,11-13H2,1H3,(H,23,27)(H,24,26). The summed E-state index contributed by atoms with van der Waals surface area (Å²) in [5.41, 5.74) is 4.65. The van der Waals surface area contributed by atoms with Gasteiger partial charge < -0.3 is 10.6 Å². The Labute approximate surface area is 157 Å². The molecule has 1 aliphatic heterocycles. The van der Waals surface area contributed by atoms with Crippen LogP contribution in [-0.2, 0) is 16.0 Å². The first-order valence-electron chi connectivity index (χ1n) is 9.14. The maximum absolute atomic E-state index is 12.7. The first-order chi connectivity index (χ1) is 13.1. The number of para-hydroxylation sites is 1. The third kappa shape index (κ3) is 3.40. The average molecular weight is 359 g/mol. The van der Waals surface area contributed by atoms with Crippen molar-refractivity contribution in [2.45, 2.75) is 25.8 Å². The molecular weight excluding hydrogens is 338 g/mol. The van der Waals surface area contributed by atoms with E-state index in [2.05, 4.69) is 10.6 Å². The quantitative estimate of drug-likeness (QED) is 0.752. The molecule has 0 bridgehead atoms. The number of rotatable bonds is 4. The molecular formula is C22H21N3O2. The number of aromatic nitrogens is 1. The van der Waals surface area contributed by atoms with Gasteiger partial charge in [-0.05, 0) is 30.5 Å². The fraction of sp³-hybridized carbons (Fsp3) is 0.227. The summed E-state index contributed by atoms with van der Waals surface area (Å²) < 4.78 is 0. The van der Waals surface area contributed by atoms with Gasteiger partial charge >= 0.3 is 0 Å². The highest BCUT2D eigenvalue weighted by molar-refractivity contribution is 5.93. The van der Waals surface area contributed by atoms with E-state index < -0.39 is 6.04 Å². The number of benzene rings is 2. The highest BCUT2D eigenvalue weighted by Crippen LogP contribution is 2.30. The van der Waals surface area contributed by atoms with Crippen molar-refractivity contribution in [3.8, 4) is 11.3 Å². The molecule has 27 heavy (non-hydrogen) atoms. The van der Waals surface area contributed by atoms with Crippen LogP contribution in [0.2, 0.25) is 0 Å². The second-order valence-corrected chi connectivity index (χ2v) is 6.82. The molecule has 136 valence electrons. The van der Waals surface area contributed by atoms with E-state index in [0.29, 0.717) is 13.0 Å². The molecule has 1 unspecified atom stereocenters. The molecule has 1 saturated heterocycles. The molecule has 2 heterocycles. The minimum absolute atomic E-state index is 0.111. The highest BCUT2D eigenvalue weighted by Gasteiger charge is 2.26. The van der Waals surface area contributed by atoms with Crippen LogP contribution in [0.15, 0.2) is 54.6 Å². The molecule has 2 aromatic carbocycles. The van der Waals surface area contributed by atoms with Crippen molar-refractivity contribution in [1.29, 1.82) is 0 Å². The second kappa shape index (κ2) is 7.19. The smallest absolute Gasteiger partial charge is 0.242 e. The van der Waals surface area contributed by atoms with Crippen LogP contribution in [0.3, 0.4) is 0 Å². The van der Waals surface area contributed by atoms with Crippen molar-refractivity contribution in [2.75, 3.05) is 6.54 Å². The Morgan fingerprint density at radius 3 is 2.63 bits per heavy atom. The van der Waals surface area contributed by atoms with Crippen molar-refractivity contribution in [3.05, 3.63) is 65.7 Å².